The Morgan fingerprint density at radius 3 is 2.72 bits per heavy atom. The summed E-state index contributed by atoms with van der Waals surface area (Å²) in [7, 11) is 0. The van der Waals surface area contributed by atoms with Crippen LogP contribution < -0.4 is 15.4 Å². The largest absolute Gasteiger partial charge is 0.419 e. The number of anilines is 3. The first-order chi connectivity index (χ1) is 12.0. The SMILES string of the molecule is Cc1nccc(NC(=O)Oc2nc(C)sc2Nc2cc(Cl)ccn2)n1. The average molecular weight is 377 g/mol. The Kier molecular flexibility index (Phi) is 5.05. The van der Waals surface area contributed by atoms with Crippen molar-refractivity contribution in [2.45, 2.75) is 13.8 Å². The van der Waals surface area contributed by atoms with Gasteiger partial charge in [0.15, 0.2) is 5.00 Å². The van der Waals surface area contributed by atoms with Gasteiger partial charge in [0.25, 0.3) is 5.88 Å². The Balaban J connectivity index is 1.73. The minimum Gasteiger partial charge on any atom is -0.388 e. The van der Waals surface area contributed by atoms with Crippen LogP contribution in [-0.4, -0.2) is 26.0 Å². The number of aromatic nitrogens is 4. The highest BCUT2D eigenvalue weighted by Crippen LogP contribution is 2.33. The summed E-state index contributed by atoms with van der Waals surface area (Å²) in [6.45, 7) is 3.53. The van der Waals surface area contributed by atoms with Gasteiger partial charge in [-0.25, -0.2) is 24.7 Å². The summed E-state index contributed by atoms with van der Waals surface area (Å²) in [5.41, 5.74) is 0. The zero-order chi connectivity index (χ0) is 17.8. The molecular formula is C15H13ClN6O2S. The lowest BCUT2D eigenvalue weighted by molar-refractivity contribution is 0.213. The molecule has 1 amide bonds. The number of rotatable bonds is 4. The van der Waals surface area contributed by atoms with Crippen molar-refractivity contribution >= 4 is 45.7 Å². The van der Waals surface area contributed by atoms with Crippen LogP contribution in [0.4, 0.5) is 21.4 Å². The van der Waals surface area contributed by atoms with Crippen molar-refractivity contribution in [1.29, 1.82) is 0 Å². The third kappa shape index (κ3) is 4.61. The van der Waals surface area contributed by atoms with Crippen molar-refractivity contribution in [3.05, 3.63) is 46.4 Å². The van der Waals surface area contributed by atoms with E-state index in [1.165, 1.54) is 11.3 Å². The maximum absolute atomic E-state index is 12.1. The molecule has 2 N–H and O–H groups in total. The van der Waals surface area contributed by atoms with Gasteiger partial charge in [-0.1, -0.05) is 22.9 Å². The normalized spacial score (nSPS) is 10.4. The van der Waals surface area contributed by atoms with Gasteiger partial charge in [-0.2, -0.15) is 0 Å². The number of nitrogens with zero attached hydrogens (tertiary/aromatic N) is 4. The number of ether oxygens (including phenoxy) is 1. The second-order valence-electron chi connectivity index (χ2n) is 4.86. The van der Waals surface area contributed by atoms with Gasteiger partial charge in [0.2, 0.25) is 0 Å². The number of carbonyl (C=O) groups is 1. The van der Waals surface area contributed by atoms with E-state index in [1.807, 2.05) is 0 Å². The van der Waals surface area contributed by atoms with E-state index in [0.29, 0.717) is 27.5 Å². The third-order valence-corrected chi connectivity index (χ3v) is 3.96. The Labute approximate surface area is 152 Å². The number of carbonyl (C=O) groups excluding carboxylic acids is 1. The second-order valence-corrected chi connectivity index (χ2v) is 6.49. The molecule has 0 saturated heterocycles. The summed E-state index contributed by atoms with van der Waals surface area (Å²) in [5, 5.41) is 7.38. The van der Waals surface area contributed by atoms with E-state index in [0.717, 1.165) is 5.01 Å². The molecule has 0 aliphatic heterocycles. The molecular weight excluding hydrogens is 364 g/mol. The van der Waals surface area contributed by atoms with E-state index in [2.05, 4.69) is 30.6 Å². The molecule has 0 saturated carbocycles. The number of nitrogens with one attached hydrogen (secondary N) is 2. The Morgan fingerprint density at radius 2 is 1.96 bits per heavy atom. The van der Waals surface area contributed by atoms with Crippen molar-refractivity contribution in [2.24, 2.45) is 0 Å². The van der Waals surface area contributed by atoms with Crippen LogP contribution in [0.15, 0.2) is 30.6 Å². The van der Waals surface area contributed by atoms with Gasteiger partial charge in [0.1, 0.15) is 17.5 Å². The summed E-state index contributed by atoms with van der Waals surface area (Å²) in [4.78, 5) is 28.5. The second kappa shape index (κ2) is 7.41. The summed E-state index contributed by atoms with van der Waals surface area (Å²) in [6.07, 6.45) is 2.41. The van der Waals surface area contributed by atoms with Gasteiger partial charge in [0.05, 0.1) is 5.01 Å². The van der Waals surface area contributed by atoms with E-state index in [9.17, 15) is 4.79 Å². The molecule has 25 heavy (non-hydrogen) atoms. The number of halogens is 1. The molecule has 0 spiro atoms. The summed E-state index contributed by atoms with van der Waals surface area (Å²) < 4.78 is 5.28. The quantitative estimate of drug-likeness (QED) is 0.710. The molecule has 0 aliphatic carbocycles. The fraction of sp³-hybridized carbons (Fsp3) is 0.133. The monoisotopic (exact) mass is 376 g/mol. The molecule has 8 nitrogen and oxygen atoms in total. The maximum atomic E-state index is 12.1. The first-order valence-electron chi connectivity index (χ1n) is 7.14. The molecule has 3 rings (SSSR count). The minimum absolute atomic E-state index is 0.146. The van der Waals surface area contributed by atoms with Crippen molar-refractivity contribution in [3.8, 4) is 5.88 Å². The lowest BCUT2D eigenvalue weighted by Gasteiger charge is -2.07. The lowest BCUT2D eigenvalue weighted by atomic mass is 10.4. The Hall–Kier alpha value is -2.78. The Morgan fingerprint density at radius 1 is 1.16 bits per heavy atom. The van der Waals surface area contributed by atoms with Crippen LogP contribution >= 0.6 is 22.9 Å². The summed E-state index contributed by atoms with van der Waals surface area (Å²) >= 11 is 7.27. The van der Waals surface area contributed by atoms with Crippen LogP contribution in [0.3, 0.4) is 0 Å². The number of hydrogen-bond acceptors (Lipinski definition) is 8. The number of aryl methyl sites for hydroxylation is 2. The third-order valence-electron chi connectivity index (χ3n) is 2.86. The van der Waals surface area contributed by atoms with E-state index >= 15 is 0 Å². The zero-order valence-electron chi connectivity index (χ0n) is 13.3. The van der Waals surface area contributed by atoms with Crippen LogP contribution in [0.1, 0.15) is 10.8 Å². The summed E-state index contributed by atoms with van der Waals surface area (Å²) in [6, 6.07) is 4.89. The van der Waals surface area contributed by atoms with Gasteiger partial charge in [-0.05, 0) is 32.0 Å². The maximum Gasteiger partial charge on any atom is 0.419 e. The standard InChI is InChI=1S/C15H13ClN6O2S/c1-8-17-6-4-11(19-8)22-15(23)24-13-14(25-9(2)20-13)21-12-7-10(16)3-5-18-12/h3-7H,1-2H3,(H,18,21)(H,17,19,22,23). The van der Waals surface area contributed by atoms with E-state index in [-0.39, 0.29) is 5.88 Å². The van der Waals surface area contributed by atoms with Gasteiger partial charge in [-0.3, -0.25) is 5.32 Å². The minimum atomic E-state index is -0.703. The topological polar surface area (TPSA) is 102 Å². The Bertz CT molecular complexity index is 917. The van der Waals surface area contributed by atoms with Crippen molar-refractivity contribution in [3.63, 3.8) is 0 Å². The van der Waals surface area contributed by atoms with Gasteiger partial charge < -0.3 is 10.1 Å². The number of amides is 1. The molecule has 3 heterocycles. The number of pyridine rings is 1. The molecule has 3 aromatic rings. The summed E-state index contributed by atoms with van der Waals surface area (Å²) in [5.74, 6) is 1.55. The zero-order valence-corrected chi connectivity index (χ0v) is 14.9. The molecule has 0 atom stereocenters. The van der Waals surface area contributed by atoms with Gasteiger partial charge in [-0.15, -0.1) is 0 Å². The smallest absolute Gasteiger partial charge is 0.388 e. The molecule has 10 heteroatoms. The van der Waals surface area contributed by atoms with Crippen LogP contribution in [0.5, 0.6) is 5.88 Å². The number of thiazole rings is 1. The van der Waals surface area contributed by atoms with E-state index in [4.69, 9.17) is 16.3 Å². The molecule has 0 radical (unpaired) electrons. The highest BCUT2D eigenvalue weighted by Gasteiger charge is 2.16. The fourth-order valence-electron chi connectivity index (χ4n) is 1.89. The van der Waals surface area contributed by atoms with Crippen LogP contribution in [0.2, 0.25) is 5.02 Å². The van der Waals surface area contributed by atoms with E-state index < -0.39 is 6.09 Å². The molecule has 0 fully saturated rings. The predicted octanol–water partition coefficient (Wildman–Crippen LogP) is 3.95. The van der Waals surface area contributed by atoms with Crippen LogP contribution in [0.25, 0.3) is 0 Å². The van der Waals surface area contributed by atoms with Gasteiger partial charge >= 0.3 is 6.09 Å². The molecule has 0 aromatic carbocycles. The van der Waals surface area contributed by atoms with Crippen molar-refractivity contribution in [1.82, 2.24) is 19.9 Å². The van der Waals surface area contributed by atoms with Crippen LogP contribution in [-0.2, 0) is 0 Å². The van der Waals surface area contributed by atoms with Gasteiger partial charge in [0, 0.05) is 17.4 Å². The molecule has 128 valence electrons. The first-order valence-corrected chi connectivity index (χ1v) is 8.33. The molecule has 0 bridgehead atoms. The predicted molar refractivity (Wildman–Crippen MR) is 95.8 cm³/mol. The van der Waals surface area contributed by atoms with Crippen molar-refractivity contribution < 1.29 is 9.53 Å². The van der Waals surface area contributed by atoms with Crippen LogP contribution in [0, 0.1) is 13.8 Å². The highest BCUT2D eigenvalue weighted by atomic mass is 35.5. The first kappa shape index (κ1) is 17.1. The molecule has 0 aliphatic rings. The van der Waals surface area contributed by atoms with E-state index in [1.54, 1.807) is 44.4 Å². The highest BCUT2D eigenvalue weighted by molar-refractivity contribution is 7.16. The lowest BCUT2D eigenvalue weighted by Crippen LogP contribution is -2.18. The molecule has 3 aromatic heterocycles. The number of hydrogen-bond donors (Lipinski definition) is 2. The average Bonchev–Trinajstić information content (AvgIpc) is 2.86. The van der Waals surface area contributed by atoms with Crippen molar-refractivity contribution in [2.75, 3.05) is 10.6 Å². The fourth-order valence-corrected chi connectivity index (χ4v) is 2.80. The molecule has 0 unspecified atom stereocenters.